The van der Waals surface area contributed by atoms with Gasteiger partial charge in [0.05, 0.1) is 17.1 Å². The Morgan fingerprint density at radius 3 is 2.45 bits per heavy atom. The number of rotatable bonds is 8. The standard InChI is InChI=1S/C33H31N3O2/c1-4-11-28(23-13-6-5-7-14-23)35-33(38)24-18-19-26(25(20-24)21-37)31-22(2)12-10-15-27(31)32-34-29-16-8-9-17-30(29)36(32)3/h5-10,12-21,28H,4,11H2,1-3H3,(H,35,38)/t28-/m1/s1. The summed E-state index contributed by atoms with van der Waals surface area (Å²) in [5.41, 5.74) is 7.65. The number of fused-ring (bicyclic) bond motifs is 1. The van der Waals surface area contributed by atoms with Gasteiger partial charge >= 0.3 is 0 Å². The lowest BCUT2D eigenvalue weighted by molar-refractivity contribution is 0.0934. The number of aryl methyl sites for hydroxylation is 2. The Bertz CT molecular complexity index is 1620. The van der Waals surface area contributed by atoms with E-state index >= 15 is 0 Å². The second-order valence-electron chi connectivity index (χ2n) is 9.63. The third-order valence-corrected chi connectivity index (χ3v) is 7.10. The molecule has 0 spiro atoms. The number of imidazole rings is 1. The maximum Gasteiger partial charge on any atom is 0.251 e. The molecule has 0 aliphatic rings. The first-order valence-corrected chi connectivity index (χ1v) is 13.0. The molecular formula is C33H31N3O2. The first-order valence-electron chi connectivity index (χ1n) is 13.0. The predicted molar refractivity (Wildman–Crippen MR) is 153 cm³/mol. The van der Waals surface area contributed by atoms with Gasteiger partial charge in [-0.05, 0) is 59.9 Å². The average Bonchev–Trinajstić information content (AvgIpc) is 3.29. The third-order valence-electron chi connectivity index (χ3n) is 7.10. The molecule has 5 nitrogen and oxygen atoms in total. The zero-order valence-electron chi connectivity index (χ0n) is 21.9. The van der Waals surface area contributed by atoms with Crippen LogP contribution < -0.4 is 5.32 Å². The van der Waals surface area contributed by atoms with E-state index in [0.717, 1.165) is 63.8 Å². The van der Waals surface area contributed by atoms with Gasteiger partial charge in [0.1, 0.15) is 5.82 Å². The molecule has 38 heavy (non-hydrogen) atoms. The molecule has 1 amide bonds. The molecule has 0 saturated carbocycles. The molecule has 0 aliphatic carbocycles. The minimum Gasteiger partial charge on any atom is -0.345 e. The molecule has 5 aromatic rings. The van der Waals surface area contributed by atoms with Crippen LogP contribution in [0, 0.1) is 6.92 Å². The van der Waals surface area contributed by atoms with Gasteiger partial charge in [-0.3, -0.25) is 9.59 Å². The lowest BCUT2D eigenvalue weighted by atomic mass is 9.90. The molecule has 0 saturated heterocycles. The van der Waals surface area contributed by atoms with Crippen LogP contribution in [0.15, 0.2) is 91.0 Å². The number of nitrogens with one attached hydrogen (secondary N) is 1. The second-order valence-corrected chi connectivity index (χ2v) is 9.63. The van der Waals surface area contributed by atoms with Gasteiger partial charge in [0.2, 0.25) is 0 Å². The first-order chi connectivity index (χ1) is 18.5. The SMILES string of the molecule is CCC[C@@H](NC(=O)c1ccc(-c2c(C)cccc2-c2nc3ccccc3n2C)c(C=O)c1)c1ccccc1. The molecule has 1 aromatic heterocycles. The number of hydrogen-bond donors (Lipinski definition) is 1. The molecule has 0 unspecified atom stereocenters. The van der Waals surface area contributed by atoms with Crippen LogP contribution in [0.4, 0.5) is 0 Å². The highest BCUT2D eigenvalue weighted by molar-refractivity contribution is 6.00. The van der Waals surface area contributed by atoms with Gasteiger partial charge in [0, 0.05) is 23.7 Å². The van der Waals surface area contributed by atoms with Gasteiger partial charge in [-0.2, -0.15) is 0 Å². The molecule has 0 bridgehead atoms. The van der Waals surface area contributed by atoms with Crippen LogP contribution in [0.1, 0.15) is 57.7 Å². The monoisotopic (exact) mass is 501 g/mol. The van der Waals surface area contributed by atoms with E-state index in [9.17, 15) is 9.59 Å². The molecule has 5 heteroatoms. The van der Waals surface area contributed by atoms with Crippen molar-refractivity contribution in [2.75, 3.05) is 0 Å². The lowest BCUT2D eigenvalue weighted by Crippen LogP contribution is -2.28. The van der Waals surface area contributed by atoms with Crippen molar-refractivity contribution >= 4 is 23.2 Å². The third kappa shape index (κ3) is 4.75. The zero-order chi connectivity index (χ0) is 26.6. The topological polar surface area (TPSA) is 64.0 Å². The van der Waals surface area contributed by atoms with E-state index in [0.29, 0.717) is 11.1 Å². The zero-order valence-corrected chi connectivity index (χ0v) is 21.9. The number of para-hydroxylation sites is 2. The van der Waals surface area contributed by atoms with Crippen LogP contribution in [0.2, 0.25) is 0 Å². The molecule has 190 valence electrons. The van der Waals surface area contributed by atoms with E-state index in [1.54, 1.807) is 12.1 Å². The summed E-state index contributed by atoms with van der Waals surface area (Å²) in [6.07, 6.45) is 2.60. The number of nitrogens with zero attached hydrogens (tertiary/aromatic N) is 2. The highest BCUT2D eigenvalue weighted by Gasteiger charge is 2.20. The Hall–Kier alpha value is -4.51. The minimum atomic E-state index is -0.192. The number of hydrogen-bond acceptors (Lipinski definition) is 3. The summed E-state index contributed by atoms with van der Waals surface area (Å²) in [6, 6.07) is 29.4. The van der Waals surface area contributed by atoms with E-state index in [2.05, 4.69) is 16.8 Å². The van der Waals surface area contributed by atoms with Crippen LogP contribution >= 0.6 is 0 Å². The summed E-state index contributed by atoms with van der Waals surface area (Å²) in [6.45, 7) is 4.14. The molecular weight excluding hydrogens is 470 g/mol. The van der Waals surface area contributed by atoms with Crippen molar-refractivity contribution < 1.29 is 9.59 Å². The Labute approximate surface area is 223 Å². The summed E-state index contributed by atoms with van der Waals surface area (Å²) >= 11 is 0. The molecule has 1 heterocycles. The summed E-state index contributed by atoms with van der Waals surface area (Å²) in [5.74, 6) is 0.635. The van der Waals surface area contributed by atoms with Gasteiger partial charge < -0.3 is 9.88 Å². The molecule has 5 rings (SSSR count). The Morgan fingerprint density at radius 2 is 1.71 bits per heavy atom. The van der Waals surface area contributed by atoms with Crippen molar-refractivity contribution in [1.82, 2.24) is 14.9 Å². The van der Waals surface area contributed by atoms with E-state index < -0.39 is 0 Å². The maximum atomic E-state index is 13.3. The predicted octanol–water partition coefficient (Wildman–Crippen LogP) is 7.30. The maximum absolute atomic E-state index is 13.3. The second kappa shape index (κ2) is 10.9. The van der Waals surface area contributed by atoms with Crippen molar-refractivity contribution in [1.29, 1.82) is 0 Å². The minimum absolute atomic E-state index is 0.0893. The van der Waals surface area contributed by atoms with Gasteiger partial charge in [0.15, 0.2) is 6.29 Å². The summed E-state index contributed by atoms with van der Waals surface area (Å²) < 4.78 is 2.08. The van der Waals surface area contributed by atoms with E-state index in [-0.39, 0.29) is 11.9 Å². The van der Waals surface area contributed by atoms with Crippen LogP contribution in [-0.4, -0.2) is 21.7 Å². The normalized spacial score (nSPS) is 11.9. The molecule has 1 atom stereocenters. The lowest BCUT2D eigenvalue weighted by Gasteiger charge is -2.19. The summed E-state index contributed by atoms with van der Waals surface area (Å²) in [7, 11) is 2.00. The fourth-order valence-corrected chi connectivity index (χ4v) is 5.16. The summed E-state index contributed by atoms with van der Waals surface area (Å²) in [5, 5.41) is 3.16. The summed E-state index contributed by atoms with van der Waals surface area (Å²) in [4.78, 5) is 30.5. The van der Waals surface area contributed by atoms with E-state index in [4.69, 9.17) is 4.98 Å². The highest BCUT2D eigenvalue weighted by Crippen LogP contribution is 2.37. The van der Waals surface area contributed by atoms with Crippen molar-refractivity contribution in [2.24, 2.45) is 7.05 Å². The number of aldehydes is 1. The fraction of sp³-hybridized carbons (Fsp3) is 0.182. The van der Waals surface area contributed by atoms with Crippen LogP contribution in [0.3, 0.4) is 0 Å². The molecule has 4 aromatic carbocycles. The Kier molecular flexibility index (Phi) is 7.18. The quantitative estimate of drug-likeness (QED) is 0.227. The molecule has 0 radical (unpaired) electrons. The number of carbonyl (C=O) groups excluding carboxylic acids is 2. The van der Waals surface area contributed by atoms with Crippen LogP contribution in [0.25, 0.3) is 33.5 Å². The fourth-order valence-electron chi connectivity index (χ4n) is 5.16. The van der Waals surface area contributed by atoms with Crippen molar-refractivity contribution in [3.8, 4) is 22.5 Å². The van der Waals surface area contributed by atoms with E-state index in [1.165, 1.54) is 0 Å². The van der Waals surface area contributed by atoms with E-state index in [1.807, 2.05) is 92.8 Å². The molecule has 1 N–H and O–H groups in total. The molecule has 0 aliphatic heterocycles. The van der Waals surface area contributed by atoms with Crippen molar-refractivity contribution in [3.05, 3.63) is 113 Å². The number of benzene rings is 4. The Morgan fingerprint density at radius 1 is 0.947 bits per heavy atom. The van der Waals surface area contributed by atoms with Crippen molar-refractivity contribution in [3.63, 3.8) is 0 Å². The average molecular weight is 502 g/mol. The van der Waals surface area contributed by atoms with Gasteiger partial charge in [-0.15, -0.1) is 0 Å². The number of aromatic nitrogens is 2. The number of carbonyl (C=O) groups is 2. The van der Waals surface area contributed by atoms with Crippen molar-refractivity contribution in [2.45, 2.75) is 32.7 Å². The highest BCUT2D eigenvalue weighted by atomic mass is 16.1. The first kappa shape index (κ1) is 25.2. The molecule has 0 fully saturated rings. The number of amides is 1. The van der Waals surface area contributed by atoms with Gasteiger partial charge in [-0.1, -0.05) is 80.1 Å². The van der Waals surface area contributed by atoms with Crippen LogP contribution in [-0.2, 0) is 7.05 Å². The van der Waals surface area contributed by atoms with Gasteiger partial charge in [0.25, 0.3) is 5.91 Å². The Balaban J connectivity index is 1.54. The largest absolute Gasteiger partial charge is 0.345 e. The van der Waals surface area contributed by atoms with Gasteiger partial charge in [-0.25, -0.2) is 4.98 Å². The smallest absolute Gasteiger partial charge is 0.251 e. The van der Waals surface area contributed by atoms with Crippen LogP contribution in [0.5, 0.6) is 0 Å².